The molecule has 1 amide bonds. The first-order valence-electron chi connectivity index (χ1n) is 9.06. The number of hydrogen-bond acceptors (Lipinski definition) is 6. The number of ether oxygens (including phenoxy) is 2. The van der Waals surface area contributed by atoms with Crippen LogP contribution in [0, 0.1) is 12.3 Å². The molecule has 0 bridgehead atoms. The maximum absolute atomic E-state index is 12.9. The van der Waals surface area contributed by atoms with Crippen LogP contribution in [0.15, 0.2) is 10.7 Å². The molecule has 7 nitrogen and oxygen atoms in total. The Bertz CT molecular complexity index is 589. The zero-order valence-corrected chi connectivity index (χ0v) is 15.5. The highest BCUT2D eigenvalue weighted by molar-refractivity contribution is 5.94. The summed E-state index contributed by atoms with van der Waals surface area (Å²) in [7, 11) is 4.08. The molecule has 2 saturated heterocycles. The van der Waals surface area contributed by atoms with Crippen LogP contribution in [0.4, 0.5) is 0 Å². The van der Waals surface area contributed by atoms with Crippen LogP contribution in [0.1, 0.15) is 35.4 Å². The zero-order valence-electron chi connectivity index (χ0n) is 15.5. The summed E-state index contributed by atoms with van der Waals surface area (Å²) in [5, 5.41) is 3.74. The van der Waals surface area contributed by atoms with E-state index < -0.39 is 0 Å². The molecule has 140 valence electrons. The van der Waals surface area contributed by atoms with Gasteiger partial charge >= 0.3 is 0 Å². The lowest BCUT2D eigenvalue weighted by Crippen LogP contribution is -2.58. The summed E-state index contributed by atoms with van der Waals surface area (Å²) in [6, 6.07) is 0. The predicted octanol–water partition coefficient (Wildman–Crippen LogP) is 1.57. The summed E-state index contributed by atoms with van der Waals surface area (Å²) in [4.78, 5) is 16.9. The van der Waals surface area contributed by atoms with Crippen LogP contribution in [0.25, 0.3) is 0 Å². The number of hydrogen-bond donors (Lipinski definition) is 0. The second kappa shape index (κ2) is 7.85. The highest BCUT2D eigenvalue weighted by atomic mass is 16.5. The molecule has 0 spiro atoms. The number of aromatic nitrogens is 1. The average Bonchev–Trinajstić information content (AvgIpc) is 3.03. The molecule has 25 heavy (non-hydrogen) atoms. The highest BCUT2D eigenvalue weighted by Gasteiger charge is 2.47. The van der Waals surface area contributed by atoms with Crippen LogP contribution in [0.3, 0.4) is 0 Å². The number of carbonyl (C=O) groups is 1. The minimum Gasteiger partial charge on any atom is -0.379 e. The van der Waals surface area contributed by atoms with E-state index in [4.69, 9.17) is 14.0 Å². The number of amides is 1. The Hall–Kier alpha value is -1.44. The van der Waals surface area contributed by atoms with Crippen molar-refractivity contribution >= 4 is 5.91 Å². The number of aryl methyl sites for hydroxylation is 1. The minimum absolute atomic E-state index is 0.00422. The van der Waals surface area contributed by atoms with Crippen molar-refractivity contribution in [2.24, 2.45) is 5.41 Å². The average molecular weight is 351 g/mol. The van der Waals surface area contributed by atoms with E-state index in [2.05, 4.69) is 10.1 Å². The molecule has 0 unspecified atom stereocenters. The fourth-order valence-electron chi connectivity index (χ4n) is 3.87. The lowest BCUT2D eigenvalue weighted by molar-refractivity contribution is -0.147. The van der Waals surface area contributed by atoms with Gasteiger partial charge in [0.1, 0.15) is 11.3 Å². The number of rotatable bonds is 6. The quantitative estimate of drug-likeness (QED) is 0.725. The van der Waals surface area contributed by atoms with Crippen molar-refractivity contribution in [2.45, 2.75) is 32.3 Å². The Morgan fingerprint density at radius 1 is 1.52 bits per heavy atom. The standard InChI is InChI=1S/C18H29N3O4/c1-14-15(11-19-25-14)17(22)21-7-5-16-18(12-21,6-4-9-24-16)13-23-10-8-20(2)3/h11,16H,4-10,12-13H2,1-3H3/t16-,18+/m0/s1. The summed E-state index contributed by atoms with van der Waals surface area (Å²) in [5.41, 5.74) is 0.447. The maximum Gasteiger partial charge on any atom is 0.259 e. The molecule has 1 aromatic rings. The molecule has 1 aromatic heterocycles. The molecule has 0 radical (unpaired) electrons. The van der Waals surface area contributed by atoms with E-state index in [0.29, 0.717) is 37.6 Å². The van der Waals surface area contributed by atoms with E-state index in [9.17, 15) is 4.79 Å². The number of carbonyl (C=O) groups excluding carboxylic acids is 1. The van der Waals surface area contributed by atoms with Gasteiger partial charge in [0.2, 0.25) is 0 Å². The van der Waals surface area contributed by atoms with Crippen LogP contribution >= 0.6 is 0 Å². The number of likely N-dealkylation sites (N-methyl/N-ethyl adjacent to an activating group) is 1. The van der Waals surface area contributed by atoms with Crippen LogP contribution < -0.4 is 0 Å². The third-order valence-electron chi connectivity index (χ3n) is 5.33. The van der Waals surface area contributed by atoms with Gasteiger partial charge in [-0.15, -0.1) is 0 Å². The number of nitrogens with zero attached hydrogens (tertiary/aromatic N) is 3. The van der Waals surface area contributed by atoms with Crippen molar-refractivity contribution in [3.05, 3.63) is 17.5 Å². The molecule has 0 aliphatic carbocycles. The van der Waals surface area contributed by atoms with Gasteiger partial charge in [0, 0.05) is 31.7 Å². The molecule has 0 aromatic carbocycles. The Labute approximate surface area is 149 Å². The second-order valence-electron chi connectivity index (χ2n) is 7.49. The molecule has 2 fully saturated rings. The first-order chi connectivity index (χ1) is 12.0. The lowest BCUT2D eigenvalue weighted by Gasteiger charge is -2.50. The van der Waals surface area contributed by atoms with E-state index in [1.54, 1.807) is 6.92 Å². The monoisotopic (exact) mass is 351 g/mol. The summed E-state index contributed by atoms with van der Waals surface area (Å²) >= 11 is 0. The molecule has 2 atom stereocenters. The smallest absolute Gasteiger partial charge is 0.259 e. The van der Waals surface area contributed by atoms with E-state index in [1.807, 2.05) is 19.0 Å². The zero-order chi connectivity index (χ0) is 17.9. The maximum atomic E-state index is 12.9. The first kappa shape index (κ1) is 18.4. The van der Waals surface area contributed by atoms with Gasteiger partial charge in [-0.2, -0.15) is 0 Å². The van der Waals surface area contributed by atoms with Crippen molar-refractivity contribution in [3.63, 3.8) is 0 Å². The summed E-state index contributed by atoms with van der Waals surface area (Å²) in [6.45, 7) is 6.18. The Kier molecular flexibility index (Phi) is 5.76. The Morgan fingerprint density at radius 3 is 3.08 bits per heavy atom. The van der Waals surface area contributed by atoms with Gasteiger partial charge in [-0.3, -0.25) is 4.79 Å². The van der Waals surface area contributed by atoms with Crippen molar-refractivity contribution < 1.29 is 18.8 Å². The van der Waals surface area contributed by atoms with E-state index in [1.165, 1.54) is 6.20 Å². The number of likely N-dealkylation sites (tertiary alicyclic amines) is 1. The number of fused-ring (bicyclic) bond motifs is 1. The van der Waals surface area contributed by atoms with Crippen LogP contribution in [0.2, 0.25) is 0 Å². The van der Waals surface area contributed by atoms with Crippen molar-refractivity contribution in [1.29, 1.82) is 0 Å². The third kappa shape index (κ3) is 4.04. The van der Waals surface area contributed by atoms with Gasteiger partial charge in [0.15, 0.2) is 0 Å². The molecule has 7 heteroatoms. The summed E-state index contributed by atoms with van der Waals surface area (Å²) < 4.78 is 17.1. The van der Waals surface area contributed by atoms with Gasteiger partial charge in [0.25, 0.3) is 5.91 Å². The lowest BCUT2D eigenvalue weighted by atomic mass is 9.73. The van der Waals surface area contributed by atoms with Crippen molar-refractivity contribution in [2.75, 3.05) is 53.6 Å². The van der Waals surface area contributed by atoms with Gasteiger partial charge in [-0.05, 0) is 40.3 Å². The molecule has 0 saturated carbocycles. The van der Waals surface area contributed by atoms with Crippen molar-refractivity contribution in [1.82, 2.24) is 15.0 Å². The van der Waals surface area contributed by atoms with E-state index in [0.717, 1.165) is 32.4 Å². The molecule has 0 N–H and O–H groups in total. The fourth-order valence-corrected chi connectivity index (χ4v) is 3.87. The van der Waals surface area contributed by atoms with Crippen LogP contribution in [-0.4, -0.2) is 80.5 Å². The molecule has 3 rings (SSSR count). The summed E-state index contributed by atoms with van der Waals surface area (Å²) in [5.74, 6) is 0.568. The molecular formula is C18H29N3O4. The van der Waals surface area contributed by atoms with Gasteiger partial charge in [-0.25, -0.2) is 0 Å². The topological polar surface area (TPSA) is 68.0 Å². The Morgan fingerprint density at radius 2 is 2.36 bits per heavy atom. The van der Waals surface area contributed by atoms with Crippen molar-refractivity contribution in [3.8, 4) is 0 Å². The predicted molar refractivity (Wildman–Crippen MR) is 92.5 cm³/mol. The Balaban J connectivity index is 1.68. The molecule has 2 aliphatic heterocycles. The first-order valence-corrected chi connectivity index (χ1v) is 9.06. The molecular weight excluding hydrogens is 322 g/mol. The SMILES string of the molecule is Cc1oncc1C(=O)N1CC[C@@H]2OCCC[C@]2(COCCN(C)C)C1. The van der Waals surface area contributed by atoms with Gasteiger partial charge < -0.3 is 23.8 Å². The minimum atomic E-state index is -0.108. The normalized spacial score (nSPS) is 26.7. The molecule has 2 aliphatic rings. The number of piperidine rings is 1. The van der Waals surface area contributed by atoms with Crippen LogP contribution in [-0.2, 0) is 9.47 Å². The highest BCUT2D eigenvalue weighted by Crippen LogP contribution is 2.40. The van der Waals surface area contributed by atoms with E-state index >= 15 is 0 Å². The fraction of sp³-hybridized carbons (Fsp3) is 0.778. The second-order valence-corrected chi connectivity index (χ2v) is 7.49. The van der Waals surface area contributed by atoms with Gasteiger partial charge in [0.05, 0.1) is 25.5 Å². The molecule has 3 heterocycles. The largest absolute Gasteiger partial charge is 0.379 e. The van der Waals surface area contributed by atoms with Crippen LogP contribution in [0.5, 0.6) is 0 Å². The van der Waals surface area contributed by atoms with Gasteiger partial charge in [-0.1, -0.05) is 5.16 Å². The third-order valence-corrected chi connectivity index (χ3v) is 5.33. The van der Waals surface area contributed by atoms with E-state index in [-0.39, 0.29) is 17.4 Å². The summed E-state index contributed by atoms with van der Waals surface area (Å²) in [6.07, 6.45) is 4.59.